The first-order valence-corrected chi connectivity index (χ1v) is 6.99. The Labute approximate surface area is 109 Å². The fourth-order valence-corrected chi connectivity index (χ4v) is 3.32. The first-order valence-electron chi connectivity index (χ1n) is 6.99. The van der Waals surface area contributed by atoms with E-state index in [1.54, 1.807) is 0 Å². The van der Waals surface area contributed by atoms with Gasteiger partial charge < -0.3 is 10.0 Å². The number of nitrogens with zero attached hydrogens (tertiary/aromatic N) is 2. The summed E-state index contributed by atoms with van der Waals surface area (Å²) in [6.07, 6.45) is 3.47. The minimum atomic E-state index is 0.492. The third-order valence-corrected chi connectivity index (χ3v) is 4.43. The molecule has 0 aromatic heterocycles. The van der Waals surface area contributed by atoms with Crippen molar-refractivity contribution >= 4 is 0 Å². The lowest BCUT2D eigenvalue weighted by atomic mass is 9.86. The van der Waals surface area contributed by atoms with Gasteiger partial charge in [-0.15, -0.1) is 0 Å². The predicted molar refractivity (Wildman–Crippen MR) is 72.9 cm³/mol. The maximum Gasteiger partial charge on any atom is 0.119 e. The second-order valence-electron chi connectivity index (χ2n) is 5.59. The van der Waals surface area contributed by atoms with Crippen molar-refractivity contribution < 1.29 is 5.11 Å². The van der Waals surface area contributed by atoms with Gasteiger partial charge >= 0.3 is 0 Å². The van der Waals surface area contributed by atoms with Crippen LogP contribution in [0.5, 0.6) is 5.75 Å². The highest BCUT2D eigenvalue weighted by molar-refractivity contribution is 5.42. The van der Waals surface area contributed by atoms with E-state index >= 15 is 0 Å². The molecular formula is C15H22N2O. The summed E-state index contributed by atoms with van der Waals surface area (Å²) < 4.78 is 0. The molecule has 1 aromatic rings. The summed E-state index contributed by atoms with van der Waals surface area (Å²) in [4.78, 5) is 4.99. The molecular weight excluding hydrogens is 224 g/mol. The molecule has 1 unspecified atom stereocenters. The monoisotopic (exact) mass is 246 g/mol. The number of aromatic hydroxyl groups is 1. The van der Waals surface area contributed by atoms with E-state index in [0.29, 0.717) is 11.8 Å². The molecule has 1 N–H and O–H groups in total. The number of hydrogen-bond donors (Lipinski definition) is 1. The Balaban J connectivity index is 1.85. The van der Waals surface area contributed by atoms with E-state index < -0.39 is 0 Å². The number of likely N-dealkylation sites (N-methyl/N-ethyl adjacent to an activating group) is 1. The Kier molecular flexibility index (Phi) is 3.27. The van der Waals surface area contributed by atoms with Crippen molar-refractivity contribution in [2.75, 3.05) is 33.2 Å². The van der Waals surface area contributed by atoms with Gasteiger partial charge in [0, 0.05) is 32.2 Å². The van der Waals surface area contributed by atoms with Crippen LogP contribution in [0, 0.1) is 0 Å². The molecule has 1 aromatic carbocycles. The SMILES string of the molecule is CN1CCN(C2CCCc3c(O)cccc32)CC1. The average molecular weight is 246 g/mol. The highest BCUT2D eigenvalue weighted by Gasteiger charge is 2.28. The maximum atomic E-state index is 9.99. The summed E-state index contributed by atoms with van der Waals surface area (Å²) >= 11 is 0. The van der Waals surface area contributed by atoms with Gasteiger partial charge in [0.1, 0.15) is 5.75 Å². The molecule has 3 nitrogen and oxygen atoms in total. The van der Waals surface area contributed by atoms with Crippen molar-refractivity contribution in [2.45, 2.75) is 25.3 Å². The molecule has 1 atom stereocenters. The molecule has 2 aliphatic rings. The van der Waals surface area contributed by atoms with Gasteiger partial charge in [-0.05, 0) is 43.5 Å². The Bertz CT molecular complexity index is 425. The molecule has 1 saturated heterocycles. The number of phenols is 1. The Hall–Kier alpha value is -1.06. The zero-order chi connectivity index (χ0) is 12.5. The molecule has 1 aliphatic carbocycles. The van der Waals surface area contributed by atoms with E-state index in [1.165, 1.54) is 24.0 Å². The van der Waals surface area contributed by atoms with Gasteiger partial charge in [-0.2, -0.15) is 0 Å². The molecule has 3 heteroatoms. The highest BCUT2D eigenvalue weighted by Crippen LogP contribution is 2.38. The zero-order valence-electron chi connectivity index (χ0n) is 11.1. The summed E-state index contributed by atoms with van der Waals surface area (Å²) in [5.41, 5.74) is 2.55. The van der Waals surface area contributed by atoms with E-state index in [9.17, 15) is 5.11 Å². The third-order valence-electron chi connectivity index (χ3n) is 4.43. The molecule has 0 radical (unpaired) electrons. The molecule has 3 rings (SSSR count). The zero-order valence-corrected chi connectivity index (χ0v) is 11.1. The lowest BCUT2D eigenvalue weighted by Crippen LogP contribution is -2.46. The van der Waals surface area contributed by atoms with E-state index in [1.807, 2.05) is 12.1 Å². The van der Waals surface area contributed by atoms with Crippen LogP contribution in [0.15, 0.2) is 18.2 Å². The topological polar surface area (TPSA) is 26.7 Å². The van der Waals surface area contributed by atoms with E-state index in [2.05, 4.69) is 22.9 Å². The van der Waals surface area contributed by atoms with Gasteiger partial charge in [-0.25, -0.2) is 0 Å². The molecule has 0 spiro atoms. The van der Waals surface area contributed by atoms with Crippen molar-refractivity contribution in [3.8, 4) is 5.75 Å². The van der Waals surface area contributed by atoms with Crippen LogP contribution in [0.3, 0.4) is 0 Å². The third kappa shape index (κ3) is 2.13. The summed E-state index contributed by atoms with van der Waals surface area (Å²) in [5, 5.41) is 9.99. The molecule has 18 heavy (non-hydrogen) atoms. The van der Waals surface area contributed by atoms with E-state index in [0.717, 1.165) is 32.6 Å². The van der Waals surface area contributed by atoms with Gasteiger partial charge in [-0.3, -0.25) is 4.90 Å². The number of hydrogen-bond acceptors (Lipinski definition) is 3. The second-order valence-corrected chi connectivity index (χ2v) is 5.59. The van der Waals surface area contributed by atoms with Crippen LogP contribution in [0.25, 0.3) is 0 Å². The maximum absolute atomic E-state index is 9.99. The van der Waals surface area contributed by atoms with Crippen LogP contribution >= 0.6 is 0 Å². The standard InChI is InChI=1S/C15H22N2O/c1-16-8-10-17(11-9-16)14-6-2-5-13-12(14)4-3-7-15(13)18/h3-4,7,14,18H,2,5-6,8-11H2,1H3. The van der Waals surface area contributed by atoms with Crippen LogP contribution in [-0.2, 0) is 6.42 Å². The summed E-state index contributed by atoms with van der Waals surface area (Å²) in [6, 6.07) is 6.54. The Morgan fingerprint density at radius 3 is 2.72 bits per heavy atom. The smallest absolute Gasteiger partial charge is 0.119 e. The quantitative estimate of drug-likeness (QED) is 0.821. The van der Waals surface area contributed by atoms with Gasteiger partial charge in [0.2, 0.25) is 0 Å². The van der Waals surface area contributed by atoms with Crippen molar-refractivity contribution in [2.24, 2.45) is 0 Å². The largest absolute Gasteiger partial charge is 0.508 e. The number of benzene rings is 1. The van der Waals surface area contributed by atoms with Crippen LogP contribution in [0.1, 0.15) is 30.0 Å². The van der Waals surface area contributed by atoms with Gasteiger partial charge in [0.05, 0.1) is 0 Å². The average Bonchev–Trinajstić information content (AvgIpc) is 2.40. The molecule has 1 aliphatic heterocycles. The predicted octanol–water partition coefficient (Wildman–Crippen LogP) is 2.02. The fourth-order valence-electron chi connectivity index (χ4n) is 3.32. The van der Waals surface area contributed by atoms with Crippen molar-refractivity contribution in [3.63, 3.8) is 0 Å². The fraction of sp³-hybridized carbons (Fsp3) is 0.600. The molecule has 0 bridgehead atoms. The van der Waals surface area contributed by atoms with Crippen LogP contribution in [-0.4, -0.2) is 48.1 Å². The lowest BCUT2D eigenvalue weighted by molar-refractivity contribution is 0.102. The molecule has 0 saturated carbocycles. The molecule has 98 valence electrons. The summed E-state index contributed by atoms with van der Waals surface area (Å²) in [5.74, 6) is 0.492. The number of phenolic OH excluding ortho intramolecular Hbond substituents is 1. The number of rotatable bonds is 1. The molecule has 1 fully saturated rings. The van der Waals surface area contributed by atoms with Crippen molar-refractivity contribution in [1.29, 1.82) is 0 Å². The van der Waals surface area contributed by atoms with Crippen LogP contribution < -0.4 is 0 Å². The van der Waals surface area contributed by atoms with Gasteiger partial charge in [0.15, 0.2) is 0 Å². The molecule has 1 heterocycles. The van der Waals surface area contributed by atoms with Crippen molar-refractivity contribution in [1.82, 2.24) is 9.80 Å². The van der Waals surface area contributed by atoms with Gasteiger partial charge in [0.25, 0.3) is 0 Å². The van der Waals surface area contributed by atoms with Crippen LogP contribution in [0.2, 0.25) is 0 Å². The van der Waals surface area contributed by atoms with E-state index in [4.69, 9.17) is 0 Å². The Morgan fingerprint density at radius 1 is 1.17 bits per heavy atom. The first kappa shape index (κ1) is 12.0. The Morgan fingerprint density at radius 2 is 1.94 bits per heavy atom. The summed E-state index contributed by atoms with van der Waals surface area (Å²) in [6.45, 7) is 4.61. The first-order chi connectivity index (χ1) is 8.75. The van der Waals surface area contributed by atoms with Crippen LogP contribution in [0.4, 0.5) is 0 Å². The normalized spacial score (nSPS) is 25.9. The van der Waals surface area contributed by atoms with E-state index in [-0.39, 0.29) is 0 Å². The minimum absolute atomic E-state index is 0.492. The van der Waals surface area contributed by atoms with Gasteiger partial charge in [-0.1, -0.05) is 12.1 Å². The van der Waals surface area contributed by atoms with Crippen molar-refractivity contribution in [3.05, 3.63) is 29.3 Å². The minimum Gasteiger partial charge on any atom is -0.508 e. The number of piperazine rings is 1. The molecule has 0 amide bonds. The highest BCUT2D eigenvalue weighted by atomic mass is 16.3. The summed E-state index contributed by atoms with van der Waals surface area (Å²) in [7, 11) is 2.19. The lowest BCUT2D eigenvalue weighted by Gasteiger charge is -2.40. The second kappa shape index (κ2) is 4.90. The number of fused-ring (bicyclic) bond motifs is 1.